The quantitative estimate of drug-likeness (QED) is 0.672. The summed E-state index contributed by atoms with van der Waals surface area (Å²) in [6.07, 6.45) is 0. The SMILES string of the molecule is N#Cc1cccc2nc(-c3cc(F)cc(F)c3)nn12. The molecule has 3 aromatic rings. The summed E-state index contributed by atoms with van der Waals surface area (Å²) in [5.41, 5.74) is 0.969. The Morgan fingerprint density at radius 2 is 1.84 bits per heavy atom. The smallest absolute Gasteiger partial charge is 0.182 e. The van der Waals surface area contributed by atoms with Gasteiger partial charge in [-0.25, -0.2) is 18.3 Å². The number of nitrogens with zero attached hydrogens (tertiary/aromatic N) is 4. The van der Waals surface area contributed by atoms with Crippen molar-refractivity contribution in [1.82, 2.24) is 14.6 Å². The molecule has 19 heavy (non-hydrogen) atoms. The van der Waals surface area contributed by atoms with E-state index in [9.17, 15) is 8.78 Å². The number of benzene rings is 1. The van der Waals surface area contributed by atoms with Crippen LogP contribution < -0.4 is 0 Å². The molecule has 0 aliphatic carbocycles. The average molecular weight is 256 g/mol. The highest BCUT2D eigenvalue weighted by molar-refractivity contribution is 5.58. The third-order valence-electron chi connectivity index (χ3n) is 2.60. The van der Waals surface area contributed by atoms with Gasteiger partial charge in [0.2, 0.25) is 0 Å². The number of aromatic nitrogens is 3. The minimum atomic E-state index is -0.700. The molecule has 0 fully saturated rings. The molecule has 3 rings (SSSR count). The molecule has 0 spiro atoms. The van der Waals surface area contributed by atoms with Gasteiger partial charge in [0.1, 0.15) is 23.4 Å². The van der Waals surface area contributed by atoms with Crippen molar-refractivity contribution in [2.75, 3.05) is 0 Å². The van der Waals surface area contributed by atoms with Crippen LogP contribution in [0.1, 0.15) is 5.69 Å². The van der Waals surface area contributed by atoms with Crippen LogP contribution in [0.15, 0.2) is 36.4 Å². The van der Waals surface area contributed by atoms with Crippen LogP contribution in [0.4, 0.5) is 8.78 Å². The van der Waals surface area contributed by atoms with Gasteiger partial charge in [0, 0.05) is 11.6 Å². The highest BCUT2D eigenvalue weighted by Crippen LogP contribution is 2.19. The summed E-state index contributed by atoms with van der Waals surface area (Å²) < 4.78 is 27.7. The number of hydrogen-bond acceptors (Lipinski definition) is 3. The molecular weight excluding hydrogens is 250 g/mol. The summed E-state index contributed by atoms with van der Waals surface area (Å²) >= 11 is 0. The second kappa shape index (κ2) is 4.14. The van der Waals surface area contributed by atoms with Crippen LogP contribution in [0, 0.1) is 23.0 Å². The van der Waals surface area contributed by atoms with Crippen molar-refractivity contribution in [3.05, 3.63) is 53.7 Å². The van der Waals surface area contributed by atoms with Crippen molar-refractivity contribution < 1.29 is 8.78 Å². The molecule has 0 unspecified atom stereocenters. The lowest BCUT2D eigenvalue weighted by Crippen LogP contribution is -1.93. The van der Waals surface area contributed by atoms with E-state index in [-0.39, 0.29) is 11.4 Å². The zero-order valence-electron chi connectivity index (χ0n) is 9.51. The minimum absolute atomic E-state index is 0.168. The Kier molecular flexibility index (Phi) is 2.46. The van der Waals surface area contributed by atoms with Gasteiger partial charge in [-0.15, -0.1) is 5.10 Å². The Morgan fingerprint density at radius 1 is 1.11 bits per heavy atom. The van der Waals surface area contributed by atoms with Crippen molar-refractivity contribution in [2.45, 2.75) is 0 Å². The highest BCUT2D eigenvalue weighted by atomic mass is 19.1. The molecule has 6 heteroatoms. The summed E-state index contributed by atoms with van der Waals surface area (Å²) in [7, 11) is 0. The van der Waals surface area contributed by atoms with Gasteiger partial charge in [0.05, 0.1) is 0 Å². The first kappa shape index (κ1) is 11.3. The number of halogens is 2. The van der Waals surface area contributed by atoms with Crippen molar-refractivity contribution in [1.29, 1.82) is 5.26 Å². The minimum Gasteiger partial charge on any atom is -0.207 e. The van der Waals surface area contributed by atoms with Gasteiger partial charge in [0.25, 0.3) is 0 Å². The Balaban J connectivity index is 2.24. The maximum atomic E-state index is 13.2. The molecule has 0 bridgehead atoms. The van der Waals surface area contributed by atoms with Crippen LogP contribution in [-0.2, 0) is 0 Å². The first-order valence-electron chi connectivity index (χ1n) is 5.40. The van der Waals surface area contributed by atoms with E-state index in [1.165, 1.54) is 4.52 Å². The summed E-state index contributed by atoms with van der Waals surface area (Å²) in [5.74, 6) is -1.23. The van der Waals surface area contributed by atoms with Gasteiger partial charge in [-0.3, -0.25) is 0 Å². The zero-order valence-corrected chi connectivity index (χ0v) is 9.51. The summed E-state index contributed by atoms with van der Waals surface area (Å²) in [6.45, 7) is 0. The predicted molar refractivity (Wildman–Crippen MR) is 63.1 cm³/mol. The lowest BCUT2D eigenvalue weighted by molar-refractivity contribution is 0.584. The largest absolute Gasteiger partial charge is 0.207 e. The second-order valence-corrected chi connectivity index (χ2v) is 3.89. The molecule has 0 radical (unpaired) electrons. The molecule has 2 aromatic heterocycles. The lowest BCUT2D eigenvalue weighted by Gasteiger charge is -1.96. The maximum Gasteiger partial charge on any atom is 0.182 e. The molecule has 0 saturated carbocycles. The van der Waals surface area contributed by atoms with E-state index < -0.39 is 11.6 Å². The molecule has 1 aromatic carbocycles. The fourth-order valence-electron chi connectivity index (χ4n) is 1.80. The lowest BCUT2D eigenvalue weighted by atomic mass is 10.2. The van der Waals surface area contributed by atoms with E-state index in [2.05, 4.69) is 10.1 Å². The first-order chi connectivity index (χ1) is 9.17. The fraction of sp³-hybridized carbons (Fsp3) is 0. The number of fused-ring (bicyclic) bond motifs is 1. The van der Waals surface area contributed by atoms with Crippen LogP contribution in [0.5, 0.6) is 0 Å². The zero-order chi connectivity index (χ0) is 13.4. The second-order valence-electron chi connectivity index (χ2n) is 3.89. The number of hydrogen-bond donors (Lipinski definition) is 0. The van der Waals surface area contributed by atoms with Gasteiger partial charge in [-0.1, -0.05) is 6.07 Å². The van der Waals surface area contributed by atoms with Gasteiger partial charge in [0.15, 0.2) is 11.5 Å². The molecule has 0 saturated heterocycles. The van der Waals surface area contributed by atoms with Gasteiger partial charge in [-0.2, -0.15) is 5.26 Å². The number of rotatable bonds is 1. The molecule has 0 amide bonds. The summed E-state index contributed by atoms with van der Waals surface area (Å²) in [4.78, 5) is 4.14. The van der Waals surface area contributed by atoms with E-state index in [0.717, 1.165) is 18.2 Å². The van der Waals surface area contributed by atoms with E-state index in [1.807, 2.05) is 6.07 Å². The molecule has 0 aliphatic heterocycles. The van der Waals surface area contributed by atoms with Crippen molar-refractivity contribution >= 4 is 5.65 Å². The normalized spacial score (nSPS) is 10.6. The van der Waals surface area contributed by atoms with Crippen LogP contribution in [0.2, 0.25) is 0 Å². The maximum absolute atomic E-state index is 13.2. The Hall–Kier alpha value is -2.81. The van der Waals surface area contributed by atoms with E-state index in [0.29, 0.717) is 11.3 Å². The van der Waals surface area contributed by atoms with E-state index in [1.54, 1.807) is 18.2 Å². The molecular formula is C13H6F2N4. The average Bonchev–Trinajstić information content (AvgIpc) is 2.81. The van der Waals surface area contributed by atoms with Gasteiger partial charge < -0.3 is 0 Å². The third-order valence-corrected chi connectivity index (χ3v) is 2.60. The molecule has 4 nitrogen and oxygen atoms in total. The van der Waals surface area contributed by atoms with E-state index >= 15 is 0 Å². The predicted octanol–water partition coefficient (Wildman–Crippen LogP) is 2.55. The van der Waals surface area contributed by atoms with Gasteiger partial charge in [-0.05, 0) is 24.3 Å². The van der Waals surface area contributed by atoms with Crippen molar-refractivity contribution in [3.8, 4) is 17.5 Å². The molecule has 92 valence electrons. The van der Waals surface area contributed by atoms with Crippen LogP contribution in [0.3, 0.4) is 0 Å². The van der Waals surface area contributed by atoms with Crippen LogP contribution in [0.25, 0.3) is 17.0 Å². The molecule has 2 heterocycles. The standard InChI is InChI=1S/C13H6F2N4/c14-9-4-8(5-10(15)6-9)13-17-12-3-1-2-11(7-16)19(12)18-13/h1-6H. The number of nitriles is 1. The molecule has 0 atom stereocenters. The molecule has 0 N–H and O–H groups in total. The van der Waals surface area contributed by atoms with Gasteiger partial charge >= 0.3 is 0 Å². The highest BCUT2D eigenvalue weighted by Gasteiger charge is 2.10. The fourth-order valence-corrected chi connectivity index (χ4v) is 1.80. The van der Waals surface area contributed by atoms with Crippen molar-refractivity contribution in [3.63, 3.8) is 0 Å². The number of pyridine rings is 1. The summed E-state index contributed by atoms with van der Waals surface area (Å²) in [6, 6.07) is 9.94. The topological polar surface area (TPSA) is 54.0 Å². The molecule has 0 aliphatic rings. The summed E-state index contributed by atoms with van der Waals surface area (Å²) in [5, 5.41) is 13.0. The first-order valence-corrected chi connectivity index (χ1v) is 5.40. The Labute approximate surface area is 106 Å². The van der Waals surface area contributed by atoms with Crippen LogP contribution >= 0.6 is 0 Å². The van der Waals surface area contributed by atoms with E-state index in [4.69, 9.17) is 5.26 Å². The Morgan fingerprint density at radius 3 is 2.53 bits per heavy atom. The van der Waals surface area contributed by atoms with Crippen molar-refractivity contribution in [2.24, 2.45) is 0 Å². The third kappa shape index (κ3) is 1.91. The van der Waals surface area contributed by atoms with Crippen LogP contribution in [-0.4, -0.2) is 14.6 Å². The Bertz CT molecular complexity index is 797. The monoisotopic (exact) mass is 256 g/mol.